The number of phenolic OH excluding ortho intramolecular Hbond substituents is 1. The van der Waals surface area contributed by atoms with Crippen molar-refractivity contribution in [2.24, 2.45) is 29.1 Å². The molecule has 8 nitrogen and oxygen atoms in total. The first kappa shape index (κ1) is 27.8. The fraction of sp³-hybridized carbons (Fsp3) is 0.294. The molecule has 7 rings (SSSR count). The SMILES string of the molecule is COc1cc([C@H]2C3=CC[C@@H]4C(=O)N(c5ccccc5)C(=O)[C@@H]4[C@@H]3C[C@H]3C(=O)N(c4ccccc4)C(=O)[C@@]23C)cc(I)c1O. The largest absolute Gasteiger partial charge is 0.504 e. The van der Waals surface area contributed by atoms with Crippen molar-refractivity contribution in [2.45, 2.75) is 25.7 Å². The number of imide groups is 2. The topological polar surface area (TPSA) is 104 Å². The number of hydrogen-bond donors (Lipinski definition) is 1. The number of hydrogen-bond acceptors (Lipinski definition) is 6. The lowest BCUT2D eigenvalue weighted by Gasteiger charge is -2.49. The number of nitrogens with zero attached hydrogens (tertiary/aromatic N) is 2. The number of methoxy groups -OCH3 is 1. The molecule has 0 aromatic heterocycles. The minimum atomic E-state index is -1.17. The summed E-state index contributed by atoms with van der Waals surface area (Å²) in [5.41, 5.74) is 1.47. The van der Waals surface area contributed by atoms with Gasteiger partial charge in [0.1, 0.15) is 0 Å². The predicted molar refractivity (Wildman–Crippen MR) is 167 cm³/mol. The van der Waals surface area contributed by atoms with Crippen molar-refractivity contribution >= 4 is 57.6 Å². The summed E-state index contributed by atoms with van der Waals surface area (Å²) in [4.78, 5) is 59.1. The van der Waals surface area contributed by atoms with Gasteiger partial charge >= 0.3 is 0 Å². The molecule has 218 valence electrons. The van der Waals surface area contributed by atoms with E-state index in [1.165, 1.54) is 16.9 Å². The van der Waals surface area contributed by atoms with Gasteiger partial charge in [-0.1, -0.05) is 48.0 Å². The highest BCUT2D eigenvalue weighted by Gasteiger charge is 2.67. The standard InChI is InChI=1S/C34H29IN2O6/c1-34-24(31(40)37(33(34)42)20-11-7-4-8-12-20)17-23-21(28(34)18-15-25(35)29(38)26(16-18)43-2)13-14-22-27(23)32(41)36(30(22)39)19-9-5-3-6-10-19/h3-13,15-16,22-24,27-28,38H,14,17H2,1-2H3/t22-,23+,24-,27-,28-,34+/m0/s1. The molecule has 9 heteroatoms. The summed E-state index contributed by atoms with van der Waals surface area (Å²) in [5.74, 6) is -3.77. The molecule has 3 fully saturated rings. The second kappa shape index (κ2) is 10.0. The van der Waals surface area contributed by atoms with Crippen LogP contribution in [0.2, 0.25) is 0 Å². The minimum Gasteiger partial charge on any atom is -0.504 e. The van der Waals surface area contributed by atoms with E-state index >= 15 is 0 Å². The van der Waals surface area contributed by atoms with Crippen molar-refractivity contribution in [3.8, 4) is 11.5 Å². The zero-order chi connectivity index (χ0) is 30.2. The van der Waals surface area contributed by atoms with Gasteiger partial charge in [0.25, 0.3) is 0 Å². The van der Waals surface area contributed by atoms with Crippen LogP contribution in [-0.4, -0.2) is 35.8 Å². The number of para-hydroxylation sites is 2. The van der Waals surface area contributed by atoms with Gasteiger partial charge in [-0.3, -0.25) is 24.1 Å². The van der Waals surface area contributed by atoms with Crippen molar-refractivity contribution < 1.29 is 29.0 Å². The second-order valence-electron chi connectivity index (χ2n) is 11.9. The number of ether oxygens (including phenoxy) is 1. The maximum Gasteiger partial charge on any atom is 0.241 e. The van der Waals surface area contributed by atoms with E-state index in [0.717, 1.165) is 5.57 Å². The van der Waals surface area contributed by atoms with Gasteiger partial charge in [0.2, 0.25) is 23.6 Å². The van der Waals surface area contributed by atoms with Gasteiger partial charge in [0, 0.05) is 5.92 Å². The van der Waals surface area contributed by atoms with Crippen LogP contribution in [0.5, 0.6) is 11.5 Å². The van der Waals surface area contributed by atoms with E-state index in [4.69, 9.17) is 4.74 Å². The average Bonchev–Trinajstić information content (AvgIpc) is 3.38. The summed E-state index contributed by atoms with van der Waals surface area (Å²) < 4.78 is 6.04. The molecule has 4 amide bonds. The predicted octanol–water partition coefficient (Wildman–Crippen LogP) is 5.44. The Balaban J connectivity index is 1.40. The summed E-state index contributed by atoms with van der Waals surface area (Å²) in [7, 11) is 1.47. The Morgan fingerprint density at radius 2 is 1.49 bits per heavy atom. The summed E-state index contributed by atoms with van der Waals surface area (Å²) in [6.45, 7) is 1.85. The van der Waals surface area contributed by atoms with Gasteiger partial charge in [-0.05, 0) is 90.2 Å². The fourth-order valence-corrected chi connectivity index (χ4v) is 8.59. The van der Waals surface area contributed by atoms with Gasteiger partial charge < -0.3 is 9.84 Å². The quantitative estimate of drug-likeness (QED) is 0.223. The van der Waals surface area contributed by atoms with E-state index in [-0.39, 0.29) is 41.5 Å². The molecule has 1 N–H and O–H groups in total. The Kier molecular flexibility index (Phi) is 6.50. The van der Waals surface area contributed by atoms with Gasteiger partial charge in [-0.2, -0.15) is 0 Å². The van der Waals surface area contributed by atoms with Gasteiger partial charge in [-0.15, -0.1) is 0 Å². The highest BCUT2D eigenvalue weighted by atomic mass is 127. The first-order valence-electron chi connectivity index (χ1n) is 14.3. The second-order valence-corrected chi connectivity index (χ2v) is 13.1. The molecule has 2 saturated heterocycles. The molecule has 6 atom stereocenters. The molecule has 3 aromatic rings. The van der Waals surface area contributed by atoms with E-state index in [0.29, 0.717) is 26.9 Å². The first-order valence-corrected chi connectivity index (χ1v) is 15.4. The number of carbonyl (C=O) groups is 4. The highest BCUT2D eigenvalue weighted by molar-refractivity contribution is 14.1. The van der Waals surface area contributed by atoms with Gasteiger partial charge in [-0.25, -0.2) is 4.90 Å². The number of allylic oxidation sites excluding steroid dienone is 2. The van der Waals surface area contributed by atoms with Crippen LogP contribution in [0.25, 0.3) is 0 Å². The Hall–Kier alpha value is -3.99. The number of phenols is 1. The zero-order valence-electron chi connectivity index (χ0n) is 23.6. The number of halogens is 1. The third kappa shape index (κ3) is 3.86. The van der Waals surface area contributed by atoms with Gasteiger partial charge in [0.15, 0.2) is 11.5 Å². The Bertz CT molecular complexity index is 1720. The number of anilines is 2. The number of rotatable bonds is 4. The number of benzene rings is 3. The molecule has 3 aromatic carbocycles. The van der Waals surface area contributed by atoms with Crippen molar-refractivity contribution in [3.05, 3.63) is 93.6 Å². The number of fused-ring (bicyclic) bond motifs is 4. The summed E-state index contributed by atoms with van der Waals surface area (Å²) in [5, 5.41) is 10.6. The van der Waals surface area contributed by atoms with Crippen LogP contribution < -0.4 is 14.5 Å². The van der Waals surface area contributed by atoms with Crippen molar-refractivity contribution in [3.63, 3.8) is 0 Å². The maximum atomic E-state index is 14.5. The summed E-state index contributed by atoms with van der Waals surface area (Å²) in [6, 6.07) is 21.4. The van der Waals surface area contributed by atoms with Gasteiger partial charge in [0.05, 0.1) is 45.2 Å². The van der Waals surface area contributed by atoms with Crippen molar-refractivity contribution in [2.75, 3.05) is 16.9 Å². The normalized spacial score (nSPS) is 29.7. The Labute approximate surface area is 262 Å². The monoisotopic (exact) mass is 688 g/mol. The van der Waals surface area contributed by atoms with Crippen LogP contribution in [0.4, 0.5) is 11.4 Å². The molecule has 1 saturated carbocycles. The molecule has 43 heavy (non-hydrogen) atoms. The smallest absolute Gasteiger partial charge is 0.241 e. The lowest BCUT2D eigenvalue weighted by molar-refractivity contribution is -0.131. The van der Waals surface area contributed by atoms with Crippen LogP contribution in [0.3, 0.4) is 0 Å². The van der Waals surface area contributed by atoms with Crippen molar-refractivity contribution in [1.82, 2.24) is 0 Å². The van der Waals surface area contributed by atoms with E-state index in [1.807, 2.05) is 53.8 Å². The third-order valence-electron chi connectivity index (χ3n) is 9.91. The summed E-state index contributed by atoms with van der Waals surface area (Å²) >= 11 is 2.03. The van der Waals surface area contributed by atoms with Crippen LogP contribution >= 0.6 is 22.6 Å². The Morgan fingerprint density at radius 3 is 2.12 bits per heavy atom. The highest BCUT2D eigenvalue weighted by Crippen LogP contribution is 2.64. The summed E-state index contributed by atoms with van der Waals surface area (Å²) in [6.07, 6.45) is 2.66. The van der Waals surface area contributed by atoms with E-state index < -0.39 is 35.0 Å². The van der Waals surface area contributed by atoms with E-state index in [2.05, 4.69) is 0 Å². The molecule has 2 heterocycles. The minimum absolute atomic E-state index is 0.00610. The number of aromatic hydroxyl groups is 1. The maximum absolute atomic E-state index is 14.5. The van der Waals surface area contributed by atoms with E-state index in [1.54, 1.807) is 54.6 Å². The molecule has 0 bridgehead atoms. The number of carbonyl (C=O) groups excluding carboxylic acids is 4. The molecular weight excluding hydrogens is 659 g/mol. The fourth-order valence-electron chi connectivity index (χ4n) is 7.97. The Morgan fingerprint density at radius 1 is 0.860 bits per heavy atom. The average molecular weight is 689 g/mol. The van der Waals surface area contributed by atoms with Crippen LogP contribution in [0.15, 0.2) is 84.4 Å². The lowest BCUT2D eigenvalue weighted by Crippen LogP contribution is -2.48. The molecule has 2 aliphatic carbocycles. The zero-order valence-corrected chi connectivity index (χ0v) is 25.7. The first-order chi connectivity index (χ1) is 20.7. The van der Waals surface area contributed by atoms with Crippen molar-refractivity contribution in [1.29, 1.82) is 0 Å². The molecule has 4 aliphatic rings. The van der Waals surface area contributed by atoms with Crippen LogP contribution in [-0.2, 0) is 19.2 Å². The molecule has 2 aliphatic heterocycles. The molecular formula is C34H29IN2O6. The lowest BCUT2D eigenvalue weighted by atomic mass is 9.51. The molecule has 0 radical (unpaired) electrons. The van der Waals surface area contributed by atoms with Crippen LogP contribution in [0, 0.1) is 32.7 Å². The van der Waals surface area contributed by atoms with Crippen LogP contribution in [0.1, 0.15) is 31.2 Å². The molecule has 0 spiro atoms. The third-order valence-corrected chi connectivity index (χ3v) is 10.7. The molecule has 0 unspecified atom stereocenters. The van der Waals surface area contributed by atoms with E-state index in [9.17, 15) is 24.3 Å². The number of amides is 4.